The van der Waals surface area contributed by atoms with Gasteiger partial charge in [0.15, 0.2) is 11.6 Å². The zero-order chi connectivity index (χ0) is 23.1. The van der Waals surface area contributed by atoms with Gasteiger partial charge in [-0.2, -0.15) is 5.10 Å². The third kappa shape index (κ3) is 3.77. The molecule has 1 saturated heterocycles. The zero-order valence-corrected chi connectivity index (χ0v) is 19.7. The van der Waals surface area contributed by atoms with Crippen molar-refractivity contribution in [2.75, 3.05) is 36.4 Å². The topological polar surface area (TPSA) is 114 Å². The Morgan fingerprint density at radius 2 is 1.91 bits per heavy atom. The minimum atomic E-state index is 0.407. The number of rotatable bonds is 5. The Labute approximate surface area is 198 Å². The number of anilines is 3. The number of aromatic amines is 2. The van der Waals surface area contributed by atoms with Crippen LogP contribution in [0.3, 0.4) is 0 Å². The van der Waals surface area contributed by atoms with Crippen molar-refractivity contribution in [2.24, 2.45) is 0 Å². The number of fused-ring (bicyclic) bond motifs is 1. The second-order valence-electron chi connectivity index (χ2n) is 9.28. The van der Waals surface area contributed by atoms with E-state index in [1.54, 1.807) is 0 Å². The van der Waals surface area contributed by atoms with Crippen molar-refractivity contribution in [1.82, 2.24) is 35.0 Å². The van der Waals surface area contributed by atoms with E-state index in [9.17, 15) is 0 Å². The zero-order valence-electron chi connectivity index (χ0n) is 19.7. The minimum Gasteiger partial charge on any atom is -0.368 e. The fourth-order valence-corrected chi connectivity index (χ4v) is 5.27. The smallest absolute Gasteiger partial charge is 0.368 e. The second-order valence-corrected chi connectivity index (χ2v) is 9.28. The molecule has 176 valence electrons. The maximum Gasteiger partial charge on any atom is 0.397 e. The highest BCUT2D eigenvalue weighted by molar-refractivity contribution is 5.87. The van der Waals surface area contributed by atoms with Crippen molar-refractivity contribution in [3.63, 3.8) is 0 Å². The molecule has 0 radical (unpaired) electrons. The van der Waals surface area contributed by atoms with Crippen molar-refractivity contribution in [1.29, 1.82) is 0 Å². The van der Waals surface area contributed by atoms with Crippen molar-refractivity contribution in [3.05, 3.63) is 35.9 Å². The maximum absolute atomic E-state index is 5.01. The van der Waals surface area contributed by atoms with Gasteiger partial charge in [-0.25, -0.2) is 20.3 Å². The van der Waals surface area contributed by atoms with E-state index in [2.05, 4.69) is 58.2 Å². The summed E-state index contributed by atoms with van der Waals surface area (Å²) in [5.74, 6) is 2.99. The van der Waals surface area contributed by atoms with Crippen LogP contribution in [0.1, 0.15) is 43.1 Å². The third-order valence-corrected chi connectivity index (χ3v) is 7.02. The maximum atomic E-state index is 5.01. The van der Waals surface area contributed by atoms with E-state index in [4.69, 9.17) is 4.98 Å². The summed E-state index contributed by atoms with van der Waals surface area (Å²) in [6, 6.07) is 4.54. The fourth-order valence-electron chi connectivity index (χ4n) is 5.27. The van der Waals surface area contributed by atoms with Crippen LogP contribution in [0.25, 0.3) is 22.6 Å². The number of piperazine rings is 1. The predicted octanol–water partition coefficient (Wildman–Crippen LogP) is 2.92. The molecule has 34 heavy (non-hydrogen) atoms. The lowest BCUT2D eigenvalue weighted by Crippen LogP contribution is -2.43. The standard InChI is InChI=1S/C24H30N10/c1-15-19-14-27-24(29-20-8-7-18(13-26-20)33-11-9-25-10-12-33)30-23(19)34(17-5-3-4-6-17)21(15)22-28-16(2)31-32-22/h7-8,13-14,17,25H,3-6,9-12H2,1-2H3,(H,28,31,32)(H,26,27,29,30)/p+1. The van der Waals surface area contributed by atoms with Crippen LogP contribution in [0.15, 0.2) is 24.5 Å². The predicted molar refractivity (Wildman–Crippen MR) is 131 cm³/mol. The van der Waals surface area contributed by atoms with Crippen LogP contribution in [0, 0.1) is 13.8 Å². The average molecular weight is 460 g/mol. The molecule has 0 bridgehead atoms. The van der Waals surface area contributed by atoms with E-state index in [-0.39, 0.29) is 0 Å². The van der Waals surface area contributed by atoms with Gasteiger partial charge in [-0.3, -0.25) is 5.10 Å². The van der Waals surface area contributed by atoms with Crippen LogP contribution in [0.2, 0.25) is 0 Å². The SMILES string of the molecule is Cc1nc(-c2c(C)c3c[nH+]c(Nc4ccc(N5CCNCC5)cn4)nc3n2C2CCCC2)n[nH]1. The summed E-state index contributed by atoms with van der Waals surface area (Å²) in [4.78, 5) is 20.0. The van der Waals surface area contributed by atoms with Crippen LogP contribution in [-0.4, -0.2) is 55.9 Å². The van der Waals surface area contributed by atoms with Crippen molar-refractivity contribution in [3.8, 4) is 11.5 Å². The summed E-state index contributed by atoms with van der Waals surface area (Å²) in [6.45, 7) is 8.09. The molecule has 0 unspecified atom stereocenters. The van der Waals surface area contributed by atoms with Crippen LogP contribution in [0.4, 0.5) is 17.5 Å². The van der Waals surface area contributed by atoms with Gasteiger partial charge in [-0.05, 0) is 44.4 Å². The van der Waals surface area contributed by atoms with Gasteiger partial charge in [0.05, 0.1) is 29.2 Å². The van der Waals surface area contributed by atoms with Gasteiger partial charge in [0.1, 0.15) is 5.82 Å². The van der Waals surface area contributed by atoms with Crippen LogP contribution in [-0.2, 0) is 0 Å². The molecule has 4 aromatic rings. The average Bonchev–Trinajstić information content (AvgIpc) is 3.60. The normalized spacial score (nSPS) is 17.1. The summed E-state index contributed by atoms with van der Waals surface area (Å²) < 4.78 is 2.36. The summed E-state index contributed by atoms with van der Waals surface area (Å²) in [5.41, 5.74) is 4.31. The fraction of sp³-hybridized carbons (Fsp3) is 0.458. The van der Waals surface area contributed by atoms with Crippen LogP contribution < -0.4 is 20.5 Å². The third-order valence-electron chi connectivity index (χ3n) is 7.02. The highest BCUT2D eigenvalue weighted by Crippen LogP contribution is 2.39. The second kappa shape index (κ2) is 8.68. The molecular formula is C24H31N10+. The van der Waals surface area contributed by atoms with Gasteiger partial charge in [-0.15, -0.1) is 0 Å². The van der Waals surface area contributed by atoms with E-state index < -0.39 is 0 Å². The number of nitrogens with one attached hydrogen (secondary N) is 4. The van der Waals surface area contributed by atoms with Gasteiger partial charge < -0.3 is 14.8 Å². The van der Waals surface area contributed by atoms with Crippen LogP contribution >= 0.6 is 0 Å². The summed E-state index contributed by atoms with van der Waals surface area (Å²) in [6.07, 6.45) is 8.74. The van der Waals surface area contributed by atoms with E-state index in [0.717, 1.165) is 84.5 Å². The van der Waals surface area contributed by atoms with Crippen molar-refractivity contribution >= 4 is 28.5 Å². The summed E-state index contributed by atoms with van der Waals surface area (Å²) in [7, 11) is 0. The molecule has 4 aromatic heterocycles. The molecule has 2 fully saturated rings. The molecule has 6 rings (SSSR count). The monoisotopic (exact) mass is 459 g/mol. The Bertz CT molecular complexity index is 1290. The first-order chi connectivity index (χ1) is 16.7. The molecule has 1 saturated carbocycles. The van der Waals surface area contributed by atoms with Gasteiger partial charge in [0.25, 0.3) is 0 Å². The lowest BCUT2D eigenvalue weighted by atomic mass is 10.2. The van der Waals surface area contributed by atoms with Crippen LogP contribution in [0.5, 0.6) is 0 Å². The minimum absolute atomic E-state index is 0.407. The highest BCUT2D eigenvalue weighted by atomic mass is 15.2. The molecule has 0 amide bonds. The number of aromatic nitrogens is 7. The molecule has 2 aliphatic rings. The molecule has 1 aliphatic carbocycles. The Hall–Kier alpha value is -3.53. The Balaban J connectivity index is 1.35. The highest BCUT2D eigenvalue weighted by Gasteiger charge is 2.29. The first-order valence-corrected chi connectivity index (χ1v) is 12.2. The summed E-state index contributed by atoms with van der Waals surface area (Å²) >= 11 is 0. The molecule has 4 N–H and O–H groups in total. The summed E-state index contributed by atoms with van der Waals surface area (Å²) in [5, 5.41) is 15.3. The largest absolute Gasteiger partial charge is 0.397 e. The molecule has 0 atom stereocenters. The van der Waals surface area contributed by atoms with Gasteiger partial charge >= 0.3 is 5.95 Å². The van der Waals surface area contributed by atoms with Crippen molar-refractivity contribution < 1.29 is 4.98 Å². The number of hydrogen-bond acceptors (Lipinski definition) is 7. The van der Waals surface area contributed by atoms with Gasteiger partial charge in [0.2, 0.25) is 5.65 Å². The molecule has 0 spiro atoms. The number of nitrogens with zero attached hydrogens (tertiary/aromatic N) is 6. The molecule has 0 aromatic carbocycles. The van der Waals surface area contributed by atoms with E-state index >= 15 is 0 Å². The quantitative estimate of drug-likeness (QED) is 0.420. The van der Waals surface area contributed by atoms with Gasteiger partial charge in [-0.1, -0.05) is 17.8 Å². The number of hydrogen-bond donors (Lipinski definition) is 3. The number of aryl methyl sites for hydroxylation is 2. The van der Waals surface area contributed by atoms with E-state index in [1.807, 2.05) is 25.4 Å². The van der Waals surface area contributed by atoms with Crippen molar-refractivity contribution in [2.45, 2.75) is 45.6 Å². The Kier molecular flexibility index (Phi) is 5.37. The number of H-pyrrole nitrogens is 2. The molecule has 10 nitrogen and oxygen atoms in total. The molecule has 5 heterocycles. The number of pyridine rings is 1. The van der Waals surface area contributed by atoms with E-state index in [1.165, 1.54) is 12.8 Å². The molecule has 1 aliphatic heterocycles. The lowest BCUT2D eigenvalue weighted by molar-refractivity contribution is -0.362. The molecular weight excluding hydrogens is 428 g/mol. The lowest BCUT2D eigenvalue weighted by Gasteiger charge is -2.29. The van der Waals surface area contributed by atoms with E-state index in [0.29, 0.717) is 12.0 Å². The Morgan fingerprint density at radius 3 is 2.62 bits per heavy atom. The first kappa shape index (κ1) is 21.0. The van der Waals surface area contributed by atoms with Gasteiger partial charge in [0, 0.05) is 32.2 Å². The first-order valence-electron chi connectivity index (χ1n) is 12.2. The molecule has 10 heteroatoms. The Morgan fingerprint density at radius 1 is 1.09 bits per heavy atom.